The van der Waals surface area contributed by atoms with Gasteiger partial charge >= 0.3 is 0 Å². The fraction of sp³-hybridized carbons (Fsp3) is 0.611. The number of aliphatic hydroxyl groups excluding tert-OH is 1. The molecule has 0 aliphatic carbocycles. The van der Waals surface area contributed by atoms with Crippen molar-refractivity contribution in [3.05, 3.63) is 35.6 Å². The number of halogens is 1. The average molecular weight is 337 g/mol. The molecular formula is C18H28FN3O2. The van der Waals surface area contributed by atoms with Gasteiger partial charge < -0.3 is 15.3 Å². The number of hydrogen-bond acceptors (Lipinski definition) is 4. The van der Waals surface area contributed by atoms with Crippen LogP contribution in [0.15, 0.2) is 24.3 Å². The first kappa shape index (κ1) is 18.8. The first-order valence-electron chi connectivity index (χ1n) is 8.59. The first-order valence-corrected chi connectivity index (χ1v) is 8.59. The van der Waals surface area contributed by atoms with E-state index in [-0.39, 0.29) is 18.3 Å². The number of carbonyl (C=O) groups excluding carboxylic acids is 1. The molecule has 1 aliphatic rings. The number of piperidine rings is 1. The summed E-state index contributed by atoms with van der Waals surface area (Å²) in [5.74, 6) is 0.323. The minimum absolute atomic E-state index is 0.0143. The molecule has 1 fully saturated rings. The van der Waals surface area contributed by atoms with E-state index in [1.54, 1.807) is 12.1 Å². The summed E-state index contributed by atoms with van der Waals surface area (Å²) in [6, 6.07) is 6.16. The fourth-order valence-electron chi connectivity index (χ4n) is 3.14. The number of benzene rings is 1. The molecule has 6 heteroatoms. The Morgan fingerprint density at radius 3 is 2.62 bits per heavy atom. The number of nitrogens with zero attached hydrogens (tertiary/aromatic N) is 2. The summed E-state index contributed by atoms with van der Waals surface area (Å²) < 4.78 is 12.8. The minimum Gasteiger partial charge on any atom is -0.395 e. The maximum atomic E-state index is 12.8. The molecule has 0 bridgehead atoms. The third-order valence-electron chi connectivity index (χ3n) is 4.51. The van der Waals surface area contributed by atoms with Gasteiger partial charge in [-0.2, -0.15) is 0 Å². The number of β-amino-alcohol motifs (C(OH)–C–C–N with tert-alkyl or cyclic N) is 1. The van der Waals surface area contributed by atoms with Crippen molar-refractivity contribution in [2.75, 3.05) is 46.4 Å². The van der Waals surface area contributed by atoms with E-state index >= 15 is 0 Å². The Morgan fingerprint density at radius 2 is 2.00 bits per heavy atom. The number of nitrogens with one attached hydrogen (secondary N) is 1. The standard InChI is InChI=1S/C18H28FN3O2/c1-21(13-16-6-8-22(9-7-16)10-11-23)14-18(24)20-12-15-2-4-17(19)5-3-15/h2-5,16,23H,6-14H2,1H3,(H,20,24). The van der Waals surface area contributed by atoms with Gasteiger partial charge in [0.15, 0.2) is 0 Å². The van der Waals surface area contributed by atoms with E-state index in [9.17, 15) is 9.18 Å². The molecule has 1 aliphatic heterocycles. The Kier molecular flexibility index (Phi) is 7.62. The maximum absolute atomic E-state index is 12.8. The quantitative estimate of drug-likeness (QED) is 0.745. The highest BCUT2D eigenvalue weighted by molar-refractivity contribution is 5.77. The van der Waals surface area contributed by atoms with Crippen LogP contribution in [0.3, 0.4) is 0 Å². The van der Waals surface area contributed by atoms with Crippen molar-refractivity contribution in [2.45, 2.75) is 19.4 Å². The first-order chi connectivity index (χ1) is 11.6. The zero-order valence-corrected chi connectivity index (χ0v) is 14.4. The molecule has 1 amide bonds. The van der Waals surface area contributed by atoms with Crippen LogP contribution in [-0.4, -0.2) is 67.2 Å². The summed E-state index contributed by atoms with van der Waals surface area (Å²) in [6.07, 6.45) is 2.23. The van der Waals surface area contributed by atoms with E-state index in [0.717, 1.165) is 44.6 Å². The van der Waals surface area contributed by atoms with Crippen LogP contribution in [0.1, 0.15) is 18.4 Å². The number of amides is 1. The van der Waals surface area contributed by atoms with Crippen molar-refractivity contribution in [1.82, 2.24) is 15.1 Å². The van der Waals surface area contributed by atoms with Crippen molar-refractivity contribution in [2.24, 2.45) is 5.92 Å². The molecule has 0 radical (unpaired) electrons. The van der Waals surface area contributed by atoms with Gasteiger partial charge in [-0.1, -0.05) is 12.1 Å². The van der Waals surface area contributed by atoms with Crippen LogP contribution in [-0.2, 0) is 11.3 Å². The SMILES string of the molecule is CN(CC(=O)NCc1ccc(F)cc1)CC1CCN(CCO)CC1. The molecule has 2 rings (SSSR count). The predicted molar refractivity (Wildman–Crippen MR) is 92.0 cm³/mol. The zero-order valence-electron chi connectivity index (χ0n) is 14.4. The molecule has 2 N–H and O–H groups in total. The van der Waals surface area contributed by atoms with E-state index in [1.165, 1.54) is 12.1 Å². The lowest BCUT2D eigenvalue weighted by atomic mass is 9.96. The van der Waals surface area contributed by atoms with Crippen molar-refractivity contribution < 1.29 is 14.3 Å². The number of likely N-dealkylation sites (N-methyl/N-ethyl adjacent to an activating group) is 1. The Labute approximate surface area is 143 Å². The molecule has 0 saturated carbocycles. The van der Waals surface area contributed by atoms with Crippen molar-refractivity contribution in [1.29, 1.82) is 0 Å². The van der Waals surface area contributed by atoms with Crippen LogP contribution in [0.2, 0.25) is 0 Å². The molecule has 24 heavy (non-hydrogen) atoms. The molecule has 5 nitrogen and oxygen atoms in total. The Bertz CT molecular complexity index is 501. The molecule has 1 heterocycles. The average Bonchev–Trinajstić information content (AvgIpc) is 2.56. The van der Waals surface area contributed by atoms with Crippen LogP contribution in [0.5, 0.6) is 0 Å². The molecule has 1 saturated heterocycles. The summed E-state index contributed by atoms with van der Waals surface area (Å²) in [5.41, 5.74) is 0.892. The lowest BCUT2D eigenvalue weighted by molar-refractivity contribution is -0.122. The van der Waals surface area contributed by atoms with Gasteiger partial charge in [0.1, 0.15) is 5.82 Å². The lowest BCUT2D eigenvalue weighted by Gasteiger charge is -2.33. The largest absolute Gasteiger partial charge is 0.395 e. The van der Waals surface area contributed by atoms with E-state index < -0.39 is 0 Å². The van der Waals surface area contributed by atoms with Crippen molar-refractivity contribution in [3.8, 4) is 0 Å². The van der Waals surface area contributed by atoms with Gasteiger partial charge in [-0.25, -0.2) is 4.39 Å². The molecular weight excluding hydrogens is 309 g/mol. The lowest BCUT2D eigenvalue weighted by Crippen LogP contribution is -2.41. The van der Waals surface area contributed by atoms with E-state index in [1.807, 2.05) is 7.05 Å². The highest BCUT2D eigenvalue weighted by Crippen LogP contribution is 2.17. The Hall–Kier alpha value is -1.50. The van der Waals surface area contributed by atoms with Crippen LogP contribution in [0.25, 0.3) is 0 Å². The van der Waals surface area contributed by atoms with Crippen LogP contribution >= 0.6 is 0 Å². The molecule has 0 aromatic heterocycles. The van der Waals surface area contributed by atoms with E-state index in [4.69, 9.17) is 5.11 Å². The second-order valence-corrected chi connectivity index (χ2v) is 6.61. The normalized spacial score (nSPS) is 16.5. The third kappa shape index (κ3) is 6.55. The van der Waals surface area contributed by atoms with Crippen molar-refractivity contribution in [3.63, 3.8) is 0 Å². The summed E-state index contributed by atoms with van der Waals surface area (Å²) in [5, 5.41) is 11.8. The van der Waals surface area contributed by atoms with Crippen LogP contribution in [0, 0.1) is 11.7 Å². The second-order valence-electron chi connectivity index (χ2n) is 6.61. The van der Waals surface area contributed by atoms with Crippen LogP contribution in [0.4, 0.5) is 4.39 Å². The number of aliphatic hydroxyl groups is 1. The van der Waals surface area contributed by atoms with Crippen molar-refractivity contribution >= 4 is 5.91 Å². The van der Waals surface area contributed by atoms with Gasteiger partial charge in [-0.05, 0) is 56.6 Å². The number of rotatable bonds is 8. The van der Waals surface area contributed by atoms with Gasteiger partial charge in [0.2, 0.25) is 5.91 Å². The molecule has 1 aromatic rings. The summed E-state index contributed by atoms with van der Waals surface area (Å²) in [4.78, 5) is 16.4. The van der Waals surface area contributed by atoms with Crippen LogP contribution < -0.4 is 5.32 Å². The third-order valence-corrected chi connectivity index (χ3v) is 4.51. The highest BCUT2D eigenvalue weighted by atomic mass is 19.1. The molecule has 0 spiro atoms. The number of hydrogen-bond donors (Lipinski definition) is 2. The number of likely N-dealkylation sites (tertiary alicyclic amines) is 1. The van der Waals surface area contributed by atoms with Gasteiger partial charge in [0.05, 0.1) is 13.2 Å². The monoisotopic (exact) mass is 337 g/mol. The maximum Gasteiger partial charge on any atom is 0.234 e. The Balaban J connectivity index is 1.64. The zero-order chi connectivity index (χ0) is 17.4. The fourth-order valence-corrected chi connectivity index (χ4v) is 3.14. The Morgan fingerprint density at radius 1 is 1.33 bits per heavy atom. The summed E-state index contributed by atoms with van der Waals surface area (Å²) >= 11 is 0. The molecule has 134 valence electrons. The minimum atomic E-state index is -0.269. The van der Waals surface area contributed by atoms with Gasteiger partial charge in [0.25, 0.3) is 0 Å². The number of carbonyl (C=O) groups is 1. The van der Waals surface area contributed by atoms with E-state index in [0.29, 0.717) is 19.0 Å². The summed E-state index contributed by atoms with van der Waals surface area (Å²) in [6.45, 7) is 4.74. The smallest absolute Gasteiger partial charge is 0.234 e. The van der Waals surface area contributed by atoms with Gasteiger partial charge in [-0.3, -0.25) is 9.69 Å². The molecule has 0 atom stereocenters. The summed E-state index contributed by atoms with van der Waals surface area (Å²) in [7, 11) is 1.97. The van der Waals surface area contributed by atoms with Gasteiger partial charge in [0, 0.05) is 19.6 Å². The van der Waals surface area contributed by atoms with E-state index in [2.05, 4.69) is 15.1 Å². The molecule has 1 aromatic carbocycles. The highest BCUT2D eigenvalue weighted by Gasteiger charge is 2.20. The molecule has 0 unspecified atom stereocenters. The van der Waals surface area contributed by atoms with Gasteiger partial charge in [-0.15, -0.1) is 0 Å². The predicted octanol–water partition coefficient (Wildman–Crippen LogP) is 1.08. The topological polar surface area (TPSA) is 55.8 Å². The second kappa shape index (κ2) is 9.71.